The van der Waals surface area contributed by atoms with E-state index in [2.05, 4.69) is 21.2 Å². The van der Waals surface area contributed by atoms with Crippen molar-refractivity contribution < 1.29 is 18.7 Å². The summed E-state index contributed by atoms with van der Waals surface area (Å²) in [7, 11) is 3.01. The second kappa shape index (κ2) is 5.89. The Bertz CT molecular complexity index is 322. The first-order chi connectivity index (χ1) is 7.17. The number of nitrogens with one attached hydrogen (secondary N) is 1. The molecule has 6 heteroatoms. The van der Waals surface area contributed by atoms with Crippen LogP contribution in [0.5, 0.6) is 0 Å². The van der Waals surface area contributed by atoms with Crippen LogP contribution in [0.25, 0.3) is 0 Å². The molecule has 0 aliphatic carbocycles. The van der Waals surface area contributed by atoms with Gasteiger partial charge in [-0.1, -0.05) is 0 Å². The van der Waals surface area contributed by atoms with Crippen molar-refractivity contribution in [1.82, 2.24) is 5.32 Å². The maximum atomic E-state index is 11.5. The summed E-state index contributed by atoms with van der Waals surface area (Å²) in [6.07, 6.45) is -0.452. The molecule has 0 saturated carbocycles. The van der Waals surface area contributed by atoms with Crippen molar-refractivity contribution in [3.05, 3.63) is 22.6 Å². The van der Waals surface area contributed by atoms with Gasteiger partial charge in [0, 0.05) is 14.2 Å². The third-order valence-corrected chi connectivity index (χ3v) is 2.18. The van der Waals surface area contributed by atoms with Gasteiger partial charge in [0.25, 0.3) is 5.91 Å². The molecule has 0 bridgehead atoms. The van der Waals surface area contributed by atoms with Crippen LogP contribution in [0.15, 0.2) is 21.2 Å². The summed E-state index contributed by atoms with van der Waals surface area (Å²) < 4.78 is 15.4. The van der Waals surface area contributed by atoms with E-state index in [0.717, 1.165) is 0 Å². The number of hydrogen-bond donors (Lipinski definition) is 1. The Labute approximate surface area is 95.9 Å². The number of hydrogen-bond acceptors (Lipinski definition) is 4. The van der Waals surface area contributed by atoms with Crippen LogP contribution < -0.4 is 5.32 Å². The molecular formula is C9H12BrNO4. The van der Waals surface area contributed by atoms with E-state index >= 15 is 0 Å². The third kappa shape index (κ3) is 3.65. The molecule has 1 N–H and O–H groups in total. The number of ether oxygens (including phenoxy) is 2. The molecule has 1 heterocycles. The molecule has 0 unspecified atom stereocenters. The number of carbonyl (C=O) groups is 1. The molecule has 0 radical (unpaired) electrons. The van der Waals surface area contributed by atoms with E-state index < -0.39 is 6.29 Å². The Kier molecular flexibility index (Phi) is 4.80. The Morgan fingerprint density at radius 2 is 2.20 bits per heavy atom. The quantitative estimate of drug-likeness (QED) is 0.827. The van der Waals surface area contributed by atoms with Gasteiger partial charge in [-0.05, 0) is 28.1 Å². The smallest absolute Gasteiger partial charge is 0.287 e. The van der Waals surface area contributed by atoms with Crippen LogP contribution in [0, 0.1) is 0 Å². The first-order valence-corrected chi connectivity index (χ1v) is 5.05. The predicted octanol–water partition coefficient (Wildman–Crippen LogP) is 1.39. The maximum absolute atomic E-state index is 11.5. The standard InChI is InChI=1S/C9H12BrNO4/c1-13-8(14-2)5-11-9(12)6-3-4-7(10)15-6/h3-4,8H,5H2,1-2H3,(H,11,12). The summed E-state index contributed by atoms with van der Waals surface area (Å²) in [6.45, 7) is 0.268. The molecule has 5 nitrogen and oxygen atoms in total. The van der Waals surface area contributed by atoms with Crippen LogP contribution in [0.4, 0.5) is 0 Å². The number of rotatable bonds is 5. The van der Waals surface area contributed by atoms with Crippen LogP contribution in [-0.4, -0.2) is 33.0 Å². The van der Waals surface area contributed by atoms with Crippen molar-refractivity contribution in [2.24, 2.45) is 0 Å². The third-order valence-electron chi connectivity index (χ3n) is 1.75. The molecule has 1 rings (SSSR count). The lowest BCUT2D eigenvalue weighted by Crippen LogP contribution is -2.33. The van der Waals surface area contributed by atoms with Gasteiger partial charge in [0.1, 0.15) is 0 Å². The molecule has 0 aromatic carbocycles. The molecule has 1 amide bonds. The first-order valence-electron chi connectivity index (χ1n) is 4.26. The fourth-order valence-electron chi connectivity index (χ4n) is 0.962. The van der Waals surface area contributed by atoms with Crippen molar-refractivity contribution in [3.63, 3.8) is 0 Å². The maximum Gasteiger partial charge on any atom is 0.287 e. The molecule has 84 valence electrons. The largest absolute Gasteiger partial charge is 0.444 e. The monoisotopic (exact) mass is 277 g/mol. The minimum atomic E-state index is -0.452. The molecule has 0 atom stereocenters. The topological polar surface area (TPSA) is 60.7 Å². The number of methoxy groups -OCH3 is 2. The molecule has 0 aliphatic rings. The van der Waals surface area contributed by atoms with Gasteiger partial charge in [-0.2, -0.15) is 0 Å². The van der Waals surface area contributed by atoms with Crippen molar-refractivity contribution in [1.29, 1.82) is 0 Å². The van der Waals surface area contributed by atoms with Gasteiger partial charge in [-0.3, -0.25) is 4.79 Å². The van der Waals surface area contributed by atoms with E-state index in [0.29, 0.717) is 4.67 Å². The van der Waals surface area contributed by atoms with Crippen molar-refractivity contribution in [2.75, 3.05) is 20.8 Å². The van der Waals surface area contributed by atoms with E-state index in [1.54, 1.807) is 12.1 Å². The predicted molar refractivity (Wildman–Crippen MR) is 56.5 cm³/mol. The summed E-state index contributed by atoms with van der Waals surface area (Å²) in [5, 5.41) is 2.61. The molecule has 15 heavy (non-hydrogen) atoms. The highest BCUT2D eigenvalue weighted by atomic mass is 79.9. The minimum absolute atomic E-state index is 0.243. The lowest BCUT2D eigenvalue weighted by molar-refractivity contribution is -0.0975. The summed E-state index contributed by atoms with van der Waals surface area (Å²) in [5.74, 6) is -0.0624. The Balaban J connectivity index is 2.42. The second-order valence-electron chi connectivity index (χ2n) is 2.71. The molecule has 1 aromatic heterocycles. The Hall–Kier alpha value is -0.850. The molecule has 0 saturated heterocycles. The van der Waals surface area contributed by atoms with Gasteiger partial charge in [0.15, 0.2) is 16.7 Å². The van der Waals surface area contributed by atoms with Gasteiger partial charge in [-0.25, -0.2) is 0 Å². The molecule has 0 fully saturated rings. The molecular weight excluding hydrogens is 266 g/mol. The van der Waals surface area contributed by atoms with Crippen LogP contribution in [0.3, 0.4) is 0 Å². The second-order valence-corrected chi connectivity index (χ2v) is 3.50. The van der Waals surface area contributed by atoms with Crippen molar-refractivity contribution >= 4 is 21.8 Å². The minimum Gasteiger partial charge on any atom is -0.444 e. The number of halogens is 1. The SMILES string of the molecule is COC(CNC(=O)c1ccc(Br)o1)OC. The lowest BCUT2D eigenvalue weighted by Gasteiger charge is -2.13. The highest BCUT2D eigenvalue weighted by Crippen LogP contribution is 2.13. The first kappa shape index (κ1) is 12.2. The normalized spacial score (nSPS) is 10.7. The molecule has 1 aromatic rings. The fraction of sp³-hybridized carbons (Fsp3) is 0.444. The van der Waals surface area contributed by atoms with Gasteiger partial charge in [0.05, 0.1) is 6.54 Å². The zero-order valence-corrected chi connectivity index (χ0v) is 10.0. The average molecular weight is 278 g/mol. The van der Waals surface area contributed by atoms with Gasteiger partial charge < -0.3 is 19.2 Å². The Morgan fingerprint density at radius 3 is 2.67 bits per heavy atom. The zero-order valence-electron chi connectivity index (χ0n) is 8.45. The average Bonchev–Trinajstić information content (AvgIpc) is 2.66. The lowest BCUT2D eigenvalue weighted by atomic mass is 10.4. The van der Waals surface area contributed by atoms with Crippen molar-refractivity contribution in [3.8, 4) is 0 Å². The number of amides is 1. The molecule has 0 spiro atoms. The number of furan rings is 1. The highest BCUT2D eigenvalue weighted by molar-refractivity contribution is 9.10. The van der Waals surface area contributed by atoms with Crippen LogP contribution in [-0.2, 0) is 9.47 Å². The summed E-state index contributed by atoms with van der Waals surface area (Å²) in [6, 6.07) is 3.23. The van der Waals surface area contributed by atoms with Crippen LogP contribution in [0.2, 0.25) is 0 Å². The van der Waals surface area contributed by atoms with Crippen LogP contribution >= 0.6 is 15.9 Å². The summed E-state index contributed by atoms with van der Waals surface area (Å²) in [4.78, 5) is 11.5. The van der Waals surface area contributed by atoms with E-state index in [1.165, 1.54) is 14.2 Å². The van der Waals surface area contributed by atoms with Gasteiger partial charge in [0.2, 0.25) is 0 Å². The summed E-state index contributed by atoms with van der Waals surface area (Å²) in [5.41, 5.74) is 0. The van der Waals surface area contributed by atoms with Crippen LogP contribution in [0.1, 0.15) is 10.6 Å². The van der Waals surface area contributed by atoms with E-state index in [1.807, 2.05) is 0 Å². The van der Waals surface area contributed by atoms with E-state index in [4.69, 9.17) is 13.9 Å². The van der Waals surface area contributed by atoms with Gasteiger partial charge in [-0.15, -0.1) is 0 Å². The van der Waals surface area contributed by atoms with Gasteiger partial charge >= 0.3 is 0 Å². The van der Waals surface area contributed by atoms with E-state index in [9.17, 15) is 4.79 Å². The van der Waals surface area contributed by atoms with E-state index in [-0.39, 0.29) is 18.2 Å². The molecule has 0 aliphatic heterocycles. The summed E-state index contributed by atoms with van der Waals surface area (Å²) >= 11 is 3.11. The fourth-order valence-corrected chi connectivity index (χ4v) is 1.27. The highest BCUT2D eigenvalue weighted by Gasteiger charge is 2.12. The van der Waals surface area contributed by atoms with Crippen molar-refractivity contribution in [2.45, 2.75) is 6.29 Å². The zero-order chi connectivity index (χ0) is 11.3. The Morgan fingerprint density at radius 1 is 1.53 bits per heavy atom. The number of carbonyl (C=O) groups excluding carboxylic acids is 1.